The first-order valence-electron chi connectivity index (χ1n) is 12.2. The van der Waals surface area contributed by atoms with Crippen LogP contribution >= 0.6 is 0 Å². The number of ether oxygens (including phenoxy) is 1. The lowest BCUT2D eigenvalue weighted by atomic mass is 10.0. The molecular formula is C28H30N6O3. The second kappa shape index (κ2) is 9.85. The molecule has 0 radical (unpaired) electrons. The summed E-state index contributed by atoms with van der Waals surface area (Å²) in [5, 5.41) is 13.8. The quantitative estimate of drug-likeness (QED) is 0.443. The average molecular weight is 499 g/mol. The van der Waals surface area contributed by atoms with Crippen LogP contribution in [0.2, 0.25) is 0 Å². The van der Waals surface area contributed by atoms with Crippen molar-refractivity contribution in [1.29, 1.82) is 0 Å². The number of fused-ring (bicyclic) bond motifs is 1. The second-order valence-electron chi connectivity index (χ2n) is 9.18. The number of phenols is 1. The van der Waals surface area contributed by atoms with Gasteiger partial charge in [-0.1, -0.05) is 36.4 Å². The number of phenolic OH excluding ortho intramolecular Hbond substituents is 1. The van der Waals surface area contributed by atoms with Crippen molar-refractivity contribution in [3.63, 3.8) is 0 Å². The summed E-state index contributed by atoms with van der Waals surface area (Å²) in [4.78, 5) is 26.6. The van der Waals surface area contributed by atoms with Gasteiger partial charge in [-0.3, -0.25) is 9.80 Å². The molecule has 5 rings (SSSR count). The molecule has 1 aliphatic carbocycles. The second-order valence-corrected chi connectivity index (χ2v) is 9.18. The van der Waals surface area contributed by atoms with E-state index in [0.29, 0.717) is 35.3 Å². The van der Waals surface area contributed by atoms with Crippen molar-refractivity contribution < 1.29 is 14.6 Å². The molecule has 2 aromatic carbocycles. The van der Waals surface area contributed by atoms with Gasteiger partial charge >= 0.3 is 6.03 Å². The fraction of sp³-hybridized carbons (Fsp3) is 0.250. The van der Waals surface area contributed by atoms with Gasteiger partial charge in [-0.25, -0.2) is 9.78 Å². The zero-order valence-corrected chi connectivity index (χ0v) is 21.2. The topological polar surface area (TPSA) is 117 Å². The van der Waals surface area contributed by atoms with E-state index in [2.05, 4.69) is 16.4 Å². The number of rotatable bonds is 6. The molecule has 37 heavy (non-hydrogen) atoms. The van der Waals surface area contributed by atoms with Gasteiger partial charge in [0.2, 0.25) is 5.95 Å². The van der Waals surface area contributed by atoms with E-state index in [0.717, 1.165) is 40.9 Å². The van der Waals surface area contributed by atoms with Gasteiger partial charge < -0.3 is 20.9 Å². The number of allylic oxidation sites excluding steroid dienone is 3. The summed E-state index contributed by atoms with van der Waals surface area (Å²) in [7, 11) is 1.54. The summed E-state index contributed by atoms with van der Waals surface area (Å²) in [5.74, 6) is 1.47. The SMILES string of the molecule is COc1cc(O)c(C)c(N2Cc3cnc(NC4=C(N)CCC=C4)nc3N(Cc3ccccc3)C2=O)c1C. The highest BCUT2D eigenvalue weighted by molar-refractivity contribution is 6.06. The maximum atomic E-state index is 14.1. The maximum Gasteiger partial charge on any atom is 0.330 e. The Morgan fingerprint density at radius 3 is 2.70 bits per heavy atom. The van der Waals surface area contributed by atoms with E-state index in [9.17, 15) is 9.90 Å². The molecule has 0 atom stereocenters. The molecule has 0 spiro atoms. The van der Waals surface area contributed by atoms with Gasteiger partial charge in [0.05, 0.1) is 31.6 Å². The lowest BCUT2D eigenvalue weighted by Gasteiger charge is -2.37. The maximum absolute atomic E-state index is 14.1. The van der Waals surface area contributed by atoms with Crippen molar-refractivity contribution in [2.75, 3.05) is 22.2 Å². The Labute approximate surface area is 215 Å². The Hall–Kier alpha value is -4.53. The summed E-state index contributed by atoms with van der Waals surface area (Å²) in [6.45, 7) is 4.24. The van der Waals surface area contributed by atoms with Crippen molar-refractivity contribution in [3.8, 4) is 11.5 Å². The van der Waals surface area contributed by atoms with Gasteiger partial charge in [-0.15, -0.1) is 0 Å². The van der Waals surface area contributed by atoms with E-state index in [4.69, 9.17) is 15.5 Å². The van der Waals surface area contributed by atoms with Crippen LogP contribution in [0.1, 0.15) is 35.1 Å². The predicted molar refractivity (Wildman–Crippen MR) is 144 cm³/mol. The molecule has 0 saturated carbocycles. The number of hydrogen-bond donors (Lipinski definition) is 3. The molecule has 1 aromatic heterocycles. The molecule has 190 valence electrons. The summed E-state index contributed by atoms with van der Waals surface area (Å²) in [6.07, 6.45) is 7.38. The van der Waals surface area contributed by atoms with Crippen molar-refractivity contribution in [3.05, 3.63) is 88.4 Å². The van der Waals surface area contributed by atoms with Gasteiger partial charge in [-0.05, 0) is 38.3 Å². The number of carbonyl (C=O) groups is 1. The van der Waals surface area contributed by atoms with Crippen LogP contribution < -0.4 is 25.6 Å². The summed E-state index contributed by atoms with van der Waals surface area (Å²) in [6, 6.07) is 11.1. The highest BCUT2D eigenvalue weighted by Crippen LogP contribution is 2.41. The number of amides is 2. The summed E-state index contributed by atoms with van der Waals surface area (Å²) < 4.78 is 5.47. The first-order chi connectivity index (χ1) is 17.9. The number of nitrogens with one attached hydrogen (secondary N) is 1. The number of nitrogens with two attached hydrogens (primary N) is 1. The molecule has 9 heteroatoms. The summed E-state index contributed by atoms with van der Waals surface area (Å²) in [5.41, 5.74) is 11.4. The minimum absolute atomic E-state index is 0.0628. The molecule has 1 aliphatic heterocycles. The van der Waals surface area contributed by atoms with E-state index in [1.54, 1.807) is 36.1 Å². The van der Waals surface area contributed by atoms with Crippen molar-refractivity contribution in [2.45, 2.75) is 39.8 Å². The van der Waals surface area contributed by atoms with Crippen LogP contribution in [-0.2, 0) is 13.1 Å². The molecule has 2 aliphatic rings. The van der Waals surface area contributed by atoms with E-state index < -0.39 is 0 Å². The number of aromatic nitrogens is 2. The fourth-order valence-electron chi connectivity index (χ4n) is 4.76. The normalized spacial score (nSPS) is 15.2. The minimum atomic E-state index is -0.254. The highest BCUT2D eigenvalue weighted by Gasteiger charge is 2.35. The van der Waals surface area contributed by atoms with Gasteiger partial charge in [0, 0.05) is 34.7 Å². The predicted octanol–water partition coefficient (Wildman–Crippen LogP) is 4.89. The lowest BCUT2D eigenvalue weighted by molar-refractivity contribution is 0.249. The number of benzene rings is 2. The van der Waals surface area contributed by atoms with E-state index in [1.807, 2.05) is 43.3 Å². The Bertz CT molecular complexity index is 1420. The van der Waals surface area contributed by atoms with Crippen LogP contribution in [-0.4, -0.2) is 28.2 Å². The van der Waals surface area contributed by atoms with Crippen LogP contribution in [0.25, 0.3) is 0 Å². The molecule has 0 fully saturated rings. The molecule has 2 amide bonds. The van der Waals surface area contributed by atoms with Crippen LogP contribution in [0.15, 0.2) is 66.1 Å². The van der Waals surface area contributed by atoms with E-state index in [-0.39, 0.29) is 18.3 Å². The first kappa shape index (κ1) is 24.2. The van der Waals surface area contributed by atoms with Gasteiger partial charge in [0.25, 0.3) is 0 Å². The van der Waals surface area contributed by atoms with Crippen LogP contribution in [0.3, 0.4) is 0 Å². The number of anilines is 3. The number of urea groups is 1. The Morgan fingerprint density at radius 1 is 1.19 bits per heavy atom. The molecule has 9 nitrogen and oxygen atoms in total. The molecule has 0 bridgehead atoms. The number of carbonyl (C=O) groups excluding carboxylic acids is 1. The van der Waals surface area contributed by atoms with Crippen molar-refractivity contribution in [1.82, 2.24) is 9.97 Å². The molecule has 3 aromatic rings. The smallest absolute Gasteiger partial charge is 0.330 e. The number of aromatic hydroxyl groups is 1. The van der Waals surface area contributed by atoms with E-state index >= 15 is 0 Å². The average Bonchev–Trinajstić information content (AvgIpc) is 2.90. The third-order valence-corrected chi connectivity index (χ3v) is 6.75. The third kappa shape index (κ3) is 4.55. The largest absolute Gasteiger partial charge is 0.507 e. The Morgan fingerprint density at radius 2 is 1.97 bits per heavy atom. The van der Waals surface area contributed by atoms with Crippen LogP contribution in [0.4, 0.5) is 22.2 Å². The number of methoxy groups -OCH3 is 1. The molecule has 0 unspecified atom stereocenters. The van der Waals surface area contributed by atoms with Crippen molar-refractivity contribution >= 4 is 23.5 Å². The Kier molecular flexibility index (Phi) is 6.43. The van der Waals surface area contributed by atoms with Gasteiger partial charge in [0.1, 0.15) is 17.3 Å². The van der Waals surface area contributed by atoms with Crippen LogP contribution in [0, 0.1) is 13.8 Å². The molecule has 4 N–H and O–H groups in total. The van der Waals surface area contributed by atoms with Crippen LogP contribution in [0.5, 0.6) is 11.5 Å². The Balaban J connectivity index is 1.59. The monoisotopic (exact) mass is 498 g/mol. The minimum Gasteiger partial charge on any atom is -0.507 e. The van der Waals surface area contributed by atoms with Crippen molar-refractivity contribution in [2.24, 2.45) is 5.73 Å². The van der Waals surface area contributed by atoms with E-state index in [1.165, 1.54) is 0 Å². The standard InChI is InChI=1S/C28H30N6O3/c1-17-23(35)13-24(37-3)18(2)25(17)33-16-20-14-30-27(31-22-12-8-7-11-21(22)29)32-26(20)34(28(33)36)15-19-9-5-4-6-10-19/h4-6,8-10,12-14,35H,7,11,15-16,29H2,1-3H3,(H,30,31,32). The molecular weight excluding hydrogens is 468 g/mol. The zero-order chi connectivity index (χ0) is 26.1. The number of hydrogen-bond acceptors (Lipinski definition) is 7. The van der Waals surface area contributed by atoms with Gasteiger partial charge in [0.15, 0.2) is 0 Å². The third-order valence-electron chi connectivity index (χ3n) is 6.75. The van der Waals surface area contributed by atoms with Gasteiger partial charge in [-0.2, -0.15) is 4.98 Å². The zero-order valence-electron chi connectivity index (χ0n) is 21.2. The molecule has 0 saturated heterocycles. The highest BCUT2D eigenvalue weighted by atomic mass is 16.5. The summed E-state index contributed by atoms with van der Waals surface area (Å²) >= 11 is 0. The first-order valence-corrected chi connectivity index (χ1v) is 12.2. The molecule has 2 heterocycles. The lowest BCUT2D eigenvalue weighted by Crippen LogP contribution is -2.48. The fourth-order valence-corrected chi connectivity index (χ4v) is 4.76. The number of nitrogens with zero attached hydrogens (tertiary/aromatic N) is 4.